The summed E-state index contributed by atoms with van der Waals surface area (Å²) in [6.45, 7) is 5.20. The Kier molecular flexibility index (Phi) is 6.05. The second-order valence-electron chi connectivity index (χ2n) is 8.96. The van der Waals surface area contributed by atoms with Gasteiger partial charge in [0.05, 0.1) is 5.56 Å². The summed E-state index contributed by atoms with van der Waals surface area (Å²) in [5.74, 6) is -1.69. The van der Waals surface area contributed by atoms with E-state index in [0.29, 0.717) is 28.1 Å². The molecule has 1 aromatic heterocycles. The Morgan fingerprint density at radius 2 is 1.38 bits per heavy atom. The highest BCUT2D eigenvalue weighted by Crippen LogP contribution is 2.29. The summed E-state index contributed by atoms with van der Waals surface area (Å²) >= 11 is 0. The number of ketones is 2. The van der Waals surface area contributed by atoms with Crippen LogP contribution in [0.15, 0.2) is 78.9 Å². The van der Waals surface area contributed by atoms with Crippen LogP contribution in [0.25, 0.3) is 5.69 Å². The third-order valence-electron chi connectivity index (χ3n) is 6.51. The van der Waals surface area contributed by atoms with Crippen LogP contribution in [0.5, 0.6) is 0 Å². The molecule has 1 amide bonds. The first-order chi connectivity index (χ1) is 17.8. The number of benzene rings is 3. The fraction of sp³-hybridized carbons (Fsp3) is 0.133. The summed E-state index contributed by atoms with van der Waals surface area (Å²) < 4.78 is 7.42. The number of fused-ring (bicyclic) bond motifs is 2. The Morgan fingerprint density at radius 3 is 2.05 bits per heavy atom. The Morgan fingerprint density at radius 1 is 0.784 bits per heavy atom. The second kappa shape index (κ2) is 9.35. The van der Waals surface area contributed by atoms with Crippen LogP contribution in [0, 0.1) is 13.8 Å². The molecule has 1 atom stereocenters. The summed E-state index contributed by atoms with van der Waals surface area (Å²) in [7, 11) is 0. The summed E-state index contributed by atoms with van der Waals surface area (Å²) in [6, 6.07) is 22.6. The summed E-state index contributed by atoms with van der Waals surface area (Å²) in [5, 5.41) is 2.68. The van der Waals surface area contributed by atoms with E-state index in [4.69, 9.17) is 4.74 Å². The molecule has 0 unspecified atom stereocenters. The number of para-hydroxylation sites is 1. The molecule has 7 heteroatoms. The zero-order valence-electron chi connectivity index (χ0n) is 20.6. The van der Waals surface area contributed by atoms with Crippen LogP contribution in [-0.4, -0.2) is 34.1 Å². The molecule has 7 nitrogen and oxygen atoms in total. The molecule has 3 aromatic carbocycles. The van der Waals surface area contributed by atoms with Gasteiger partial charge in [0, 0.05) is 45.0 Å². The van der Waals surface area contributed by atoms with Gasteiger partial charge in [-0.15, -0.1) is 0 Å². The number of hydrogen-bond donors (Lipinski definition) is 1. The van der Waals surface area contributed by atoms with Gasteiger partial charge in [-0.05, 0) is 57.2 Å². The van der Waals surface area contributed by atoms with Crippen LogP contribution >= 0.6 is 0 Å². The van der Waals surface area contributed by atoms with Crippen molar-refractivity contribution in [1.82, 2.24) is 4.57 Å². The minimum atomic E-state index is -1.10. The largest absolute Gasteiger partial charge is 0.449 e. The van der Waals surface area contributed by atoms with Crippen LogP contribution in [0.4, 0.5) is 5.69 Å². The first kappa shape index (κ1) is 23.9. The lowest BCUT2D eigenvalue weighted by atomic mass is 9.84. The van der Waals surface area contributed by atoms with E-state index in [1.54, 1.807) is 36.4 Å². The maximum atomic E-state index is 13.0. The molecular formula is C30H24N2O5. The SMILES string of the molecule is Cc1cc(C(=O)O[C@H](C)C(=O)Nc2ccc3c(c2)C(=O)c2ccccc2C3=O)c(C)n1-c1ccccc1. The molecule has 37 heavy (non-hydrogen) atoms. The van der Waals surface area contributed by atoms with E-state index in [1.165, 1.54) is 19.1 Å². The van der Waals surface area contributed by atoms with Gasteiger partial charge in [0.25, 0.3) is 5.91 Å². The number of anilines is 1. The number of hydrogen-bond acceptors (Lipinski definition) is 5. The number of aromatic nitrogens is 1. The van der Waals surface area contributed by atoms with Crippen LogP contribution in [-0.2, 0) is 9.53 Å². The van der Waals surface area contributed by atoms with E-state index in [0.717, 1.165) is 11.4 Å². The molecule has 1 aliphatic rings. The first-order valence-electron chi connectivity index (χ1n) is 11.8. The number of rotatable bonds is 5. The molecule has 0 fully saturated rings. The molecular weight excluding hydrogens is 468 g/mol. The number of carbonyl (C=O) groups is 4. The highest BCUT2D eigenvalue weighted by Gasteiger charge is 2.30. The lowest BCUT2D eigenvalue weighted by Crippen LogP contribution is -2.30. The average molecular weight is 493 g/mol. The lowest BCUT2D eigenvalue weighted by Gasteiger charge is -2.19. The van der Waals surface area contributed by atoms with Crippen molar-refractivity contribution in [3.05, 3.63) is 118 Å². The minimum absolute atomic E-state index is 0.222. The Balaban J connectivity index is 1.31. The maximum absolute atomic E-state index is 13.0. The van der Waals surface area contributed by atoms with Crippen molar-refractivity contribution in [3.8, 4) is 5.69 Å². The van der Waals surface area contributed by atoms with Crippen molar-refractivity contribution in [2.24, 2.45) is 0 Å². The third kappa shape index (κ3) is 4.25. The van der Waals surface area contributed by atoms with Crippen molar-refractivity contribution in [2.75, 3.05) is 5.32 Å². The quantitative estimate of drug-likeness (QED) is 0.347. The maximum Gasteiger partial charge on any atom is 0.340 e. The van der Waals surface area contributed by atoms with Gasteiger partial charge in [-0.2, -0.15) is 0 Å². The Bertz CT molecular complexity index is 1580. The van der Waals surface area contributed by atoms with Crippen LogP contribution < -0.4 is 5.32 Å². The average Bonchev–Trinajstić information content (AvgIpc) is 3.21. The van der Waals surface area contributed by atoms with Gasteiger partial charge in [-0.3, -0.25) is 14.4 Å². The van der Waals surface area contributed by atoms with Crippen LogP contribution in [0.2, 0.25) is 0 Å². The Hall–Kier alpha value is -4.78. The number of nitrogens with one attached hydrogen (secondary N) is 1. The fourth-order valence-corrected chi connectivity index (χ4v) is 4.64. The van der Waals surface area contributed by atoms with Crippen LogP contribution in [0.3, 0.4) is 0 Å². The standard InChI is InChI=1S/C30H24N2O5/c1-17-15-25(18(2)32(17)21-9-5-4-6-10-21)30(36)37-19(3)29(35)31-20-13-14-24-26(16-20)28(34)23-12-8-7-11-22(23)27(24)33/h4-16,19H,1-3H3,(H,31,35)/t19-/m1/s1. The van der Waals surface area contributed by atoms with E-state index in [1.807, 2.05) is 48.7 Å². The number of nitrogens with zero attached hydrogens (tertiary/aromatic N) is 1. The van der Waals surface area contributed by atoms with E-state index in [2.05, 4.69) is 5.32 Å². The number of ether oxygens (including phenoxy) is 1. The molecule has 0 saturated carbocycles. The first-order valence-corrected chi connectivity index (χ1v) is 11.8. The molecule has 5 rings (SSSR count). The molecule has 1 aliphatic carbocycles. The molecule has 0 radical (unpaired) electrons. The fourth-order valence-electron chi connectivity index (χ4n) is 4.64. The molecule has 0 aliphatic heterocycles. The number of carbonyl (C=O) groups excluding carboxylic acids is 4. The van der Waals surface area contributed by atoms with Gasteiger partial charge < -0.3 is 14.6 Å². The summed E-state index contributed by atoms with van der Waals surface area (Å²) in [6.07, 6.45) is -1.10. The normalized spacial score (nSPS) is 12.9. The van der Waals surface area contributed by atoms with Gasteiger partial charge in [-0.1, -0.05) is 42.5 Å². The van der Waals surface area contributed by atoms with Crippen LogP contribution in [0.1, 0.15) is 60.5 Å². The Labute approximate surface area is 213 Å². The number of esters is 1. The molecule has 0 bridgehead atoms. The van der Waals surface area contributed by atoms with E-state index >= 15 is 0 Å². The van der Waals surface area contributed by atoms with Crippen molar-refractivity contribution in [3.63, 3.8) is 0 Å². The van der Waals surface area contributed by atoms with E-state index in [-0.39, 0.29) is 22.7 Å². The molecule has 0 spiro atoms. The zero-order chi connectivity index (χ0) is 26.3. The van der Waals surface area contributed by atoms with Gasteiger partial charge in [0.2, 0.25) is 0 Å². The molecule has 1 heterocycles. The van der Waals surface area contributed by atoms with Gasteiger partial charge in [0.15, 0.2) is 17.7 Å². The number of amides is 1. The van der Waals surface area contributed by atoms with Gasteiger partial charge >= 0.3 is 5.97 Å². The van der Waals surface area contributed by atoms with E-state index < -0.39 is 18.0 Å². The predicted molar refractivity (Wildman–Crippen MR) is 138 cm³/mol. The third-order valence-corrected chi connectivity index (χ3v) is 6.51. The number of aryl methyl sites for hydroxylation is 1. The monoisotopic (exact) mass is 492 g/mol. The molecule has 184 valence electrons. The smallest absolute Gasteiger partial charge is 0.340 e. The highest BCUT2D eigenvalue weighted by atomic mass is 16.5. The highest BCUT2D eigenvalue weighted by molar-refractivity contribution is 6.28. The zero-order valence-corrected chi connectivity index (χ0v) is 20.6. The van der Waals surface area contributed by atoms with Crippen molar-refractivity contribution >= 4 is 29.1 Å². The second-order valence-corrected chi connectivity index (χ2v) is 8.96. The minimum Gasteiger partial charge on any atom is -0.449 e. The van der Waals surface area contributed by atoms with Gasteiger partial charge in [0.1, 0.15) is 0 Å². The topological polar surface area (TPSA) is 94.5 Å². The summed E-state index contributed by atoms with van der Waals surface area (Å²) in [5.41, 5.74) is 4.40. The van der Waals surface area contributed by atoms with Gasteiger partial charge in [-0.25, -0.2) is 4.79 Å². The lowest BCUT2D eigenvalue weighted by molar-refractivity contribution is -0.123. The predicted octanol–water partition coefficient (Wildman–Crippen LogP) is 5.05. The molecule has 1 N–H and O–H groups in total. The van der Waals surface area contributed by atoms with Crippen molar-refractivity contribution in [2.45, 2.75) is 26.9 Å². The van der Waals surface area contributed by atoms with Crippen molar-refractivity contribution < 1.29 is 23.9 Å². The molecule has 4 aromatic rings. The van der Waals surface area contributed by atoms with E-state index in [9.17, 15) is 19.2 Å². The molecule has 0 saturated heterocycles. The summed E-state index contributed by atoms with van der Waals surface area (Å²) in [4.78, 5) is 51.5. The van der Waals surface area contributed by atoms with Crippen molar-refractivity contribution in [1.29, 1.82) is 0 Å².